The van der Waals surface area contributed by atoms with Crippen molar-refractivity contribution >= 4 is 40.2 Å². The van der Waals surface area contributed by atoms with Crippen molar-refractivity contribution in [1.29, 1.82) is 5.26 Å². The minimum Gasteiger partial charge on any atom is -0.441 e. The van der Waals surface area contributed by atoms with Gasteiger partial charge in [-0.25, -0.2) is 4.98 Å². The number of oxazole rings is 1. The molecule has 1 saturated carbocycles. The van der Waals surface area contributed by atoms with Crippen LogP contribution in [0.2, 0.25) is 0 Å². The fourth-order valence-corrected chi connectivity index (χ4v) is 3.93. The summed E-state index contributed by atoms with van der Waals surface area (Å²) in [6.07, 6.45) is 1.39. The van der Waals surface area contributed by atoms with Crippen molar-refractivity contribution in [2.75, 3.05) is 44.0 Å². The number of likely N-dealkylation sites (N-methyl/N-ethyl adjacent to an activating group) is 1. The molecule has 32 heavy (non-hydrogen) atoms. The molecule has 1 aliphatic carbocycles. The molecule has 0 spiro atoms. The van der Waals surface area contributed by atoms with E-state index in [4.69, 9.17) is 16.0 Å². The van der Waals surface area contributed by atoms with Gasteiger partial charge in [0.2, 0.25) is 11.8 Å². The van der Waals surface area contributed by atoms with Crippen LogP contribution in [-0.2, 0) is 16.0 Å². The number of aromatic nitrogens is 1. The van der Waals surface area contributed by atoms with E-state index in [9.17, 15) is 14.9 Å². The van der Waals surface area contributed by atoms with Crippen LogP contribution in [0.15, 0.2) is 22.6 Å². The Labute approximate surface area is 191 Å². The Morgan fingerprint density at radius 1 is 1.31 bits per heavy atom. The topological polar surface area (TPSA) is 114 Å². The summed E-state index contributed by atoms with van der Waals surface area (Å²) in [5.74, 6) is -0.258. The quantitative estimate of drug-likeness (QED) is 0.574. The normalized spacial score (nSPS) is 18.7. The van der Waals surface area contributed by atoms with Gasteiger partial charge in [-0.05, 0) is 32.0 Å². The number of anilines is 1. The zero-order valence-electron chi connectivity index (χ0n) is 18.1. The van der Waals surface area contributed by atoms with Gasteiger partial charge in [-0.2, -0.15) is 5.26 Å². The van der Waals surface area contributed by atoms with E-state index in [-0.39, 0.29) is 24.6 Å². The Bertz CT molecular complexity index is 1040. The number of nitrogens with one attached hydrogen (secondary N) is 2. The summed E-state index contributed by atoms with van der Waals surface area (Å²) in [4.78, 5) is 34.0. The highest BCUT2D eigenvalue weighted by Gasteiger charge is 2.45. The zero-order valence-corrected chi connectivity index (χ0v) is 18.8. The molecule has 1 saturated heterocycles. The van der Waals surface area contributed by atoms with Gasteiger partial charge in [-0.15, -0.1) is 11.6 Å². The third-order valence-corrected chi connectivity index (χ3v) is 6.15. The average molecular weight is 459 g/mol. The third-order valence-electron chi connectivity index (χ3n) is 5.96. The summed E-state index contributed by atoms with van der Waals surface area (Å²) in [6.45, 7) is 3.89. The van der Waals surface area contributed by atoms with Gasteiger partial charge in [0.15, 0.2) is 11.5 Å². The van der Waals surface area contributed by atoms with E-state index in [0.29, 0.717) is 29.8 Å². The van der Waals surface area contributed by atoms with E-state index in [1.807, 2.05) is 18.2 Å². The molecule has 0 bridgehead atoms. The Morgan fingerprint density at radius 3 is 2.72 bits per heavy atom. The van der Waals surface area contributed by atoms with Crippen molar-refractivity contribution in [2.45, 2.75) is 37.3 Å². The minimum atomic E-state index is -0.901. The number of rotatable bonds is 8. The molecule has 170 valence electrons. The standard InChI is InChI=1S/C22H27ClN6O3/c1-28-8-10-29(11-9-28)15-2-3-16-18(12-15)32-20(26-16)13-17(25-19(30)4-7-23)21(31)27-22(14-24)5-6-22/h2-3,12,17H,4-11,13H2,1H3,(H,25,30)(H,27,31). The lowest BCUT2D eigenvalue weighted by Gasteiger charge is -2.33. The second-order valence-corrected chi connectivity index (χ2v) is 8.87. The van der Waals surface area contributed by atoms with Gasteiger partial charge < -0.3 is 24.9 Å². The highest BCUT2D eigenvalue weighted by Crippen LogP contribution is 2.34. The lowest BCUT2D eigenvalue weighted by molar-refractivity contribution is -0.129. The first-order chi connectivity index (χ1) is 15.4. The number of amides is 2. The second-order valence-electron chi connectivity index (χ2n) is 8.50. The van der Waals surface area contributed by atoms with Crippen LogP contribution in [-0.4, -0.2) is 72.4 Å². The molecule has 1 unspecified atom stereocenters. The number of carbonyl (C=O) groups excluding carboxylic acids is 2. The van der Waals surface area contributed by atoms with E-state index in [2.05, 4.69) is 38.5 Å². The van der Waals surface area contributed by atoms with Crippen molar-refractivity contribution in [3.8, 4) is 6.07 Å². The predicted octanol–water partition coefficient (Wildman–Crippen LogP) is 1.41. The molecule has 2 N–H and O–H groups in total. The van der Waals surface area contributed by atoms with Gasteiger partial charge in [0.05, 0.1) is 12.5 Å². The Balaban J connectivity index is 1.50. The lowest BCUT2D eigenvalue weighted by Crippen LogP contribution is -2.51. The first-order valence-electron chi connectivity index (χ1n) is 10.8. The summed E-state index contributed by atoms with van der Waals surface area (Å²) < 4.78 is 5.94. The monoisotopic (exact) mass is 458 g/mol. The van der Waals surface area contributed by atoms with E-state index < -0.39 is 17.5 Å². The number of nitrogens with zero attached hydrogens (tertiary/aromatic N) is 4. The van der Waals surface area contributed by atoms with Gasteiger partial charge in [0, 0.05) is 50.2 Å². The number of nitriles is 1. The van der Waals surface area contributed by atoms with E-state index in [1.54, 1.807) is 0 Å². The summed E-state index contributed by atoms with van der Waals surface area (Å²) >= 11 is 5.66. The van der Waals surface area contributed by atoms with E-state index in [1.165, 1.54) is 0 Å². The predicted molar refractivity (Wildman–Crippen MR) is 120 cm³/mol. The van der Waals surface area contributed by atoms with Gasteiger partial charge in [0.1, 0.15) is 17.1 Å². The molecule has 1 atom stereocenters. The first-order valence-corrected chi connectivity index (χ1v) is 11.4. The zero-order chi connectivity index (χ0) is 22.7. The van der Waals surface area contributed by atoms with Crippen molar-refractivity contribution in [3.63, 3.8) is 0 Å². The molecule has 2 heterocycles. The summed E-state index contributed by atoms with van der Waals surface area (Å²) in [5.41, 5.74) is 1.58. The van der Waals surface area contributed by atoms with Crippen LogP contribution in [0, 0.1) is 11.3 Å². The molecule has 10 heteroatoms. The molecule has 2 aliphatic rings. The van der Waals surface area contributed by atoms with Crippen molar-refractivity contribution in [1.82, 2.24) is 20.5 Å². The lowest BCUT2D eigenvalue weighted by atomic mass is 10.1. The highest BCUT2D eigenvalue weighted by atomic mass is 35.5. The molecular formula is C22H27ClN6O3. The Morgan fingerprint density at radius 2 is 2.06 bits per heavy atom. The van der Waals surface area contributed by atoms with Crippen LogP contribution in [0.1, 0.15) is 25.2 Å². The summed E-state index contributed by atoms with van der Waals surface area (Å²) in [6, 6.07) is 7.13. The molecule has 4 rings (SSSR count). The van der Waals surface area contributed by atoms with E-state index >= 15 is 0 Å². The number of benzene rings is 1. The summed E-state index contributed by atoms with van der Waals surface area (Å²) in [5, 5.41) is 14.7. The smallest absolute Gasteiger partial charge is 0.244 e. The number of halogens is 1. The number of alkyl halides is 1. The molecule has 0 radical (unpaired) electrons. The first kappa shape index (κ1) is 22.4. The maximum absolute atomic E-state index is 12.8. The fourth-order valence-electron chi connectivity index (χ4n) is 3.76. The van der Waals surface area contributed by atoms with Crippen LogP contribution >= 0.6 is 11.6 Å². The number of hydrogen-bond donors (Lipinski definition) is 2. The average Bonchev–Trinajstić information content (AvgIpc) is 3.43. The number of piperazine rings is 1. The van der Waals surface area contributed by atoms with Gasteiger partial charge in [-0.3, -0.25) is 9.59 Å². The van der Waals surface area contributed by atoms with Gasteiger partial charge in [0.25, 0.3) is 0 Å². The molecule has 9 nitrogen and oxygen atoms in total. The third kappa shape index (κ3) is 5.14. The Kier molecular flexibility index (Phi) is 6.53. The second kappa shape index (κ2) is 9.35. The van der Waals surface area contributed by atoms with Gasteiger partial charge >= 0.3 is 0 Å². The largest absolute Gasteiger partial charge is 0.441 e. The maximum Gasteiger partial charge on any atom is 0.244 e. The molecule has 2 amide bonds. The molecular weight excluding hydrogens is 432 g/mol. The van der Waals surface area contributed by atoms with Crippen LogP contribution in [0.4, 0.5) is 5.69 Å². The molecule has 2 aromatic rings. The number of carbonyl (C=O) groups is 2. The SMILES string of the molecule is CN1CCN(c2ccc3nc(CC(NC(=O)CCCl)C(=O)NC4(C#N)CC4)oc3c2)CC1. The van der Waals surface area contributed by atoms with Crippen molar-refractivity contribution in [2.24, 2.45) is 0 Å². The van der Waals surface area contributed by atoms with Crippen LogP contribution in [0.5, 0.6) is 0 Å². The van der Waals surface area contributed by atoms with Crippen molar-refractivity contribution < 1.29 is 14.0 Å². The number of hydrogen-bond acceptors (Lipinski definition) is 7. The molecule has 2 fully saturated rings. The van der Waals surface area contributed by atoms with E-state index in [0.717, 1.165) is 31.9 Å². The van der Waals surface area contributed by atoms with Crippen molar-refractivity contribution in [3.05, 3.63) is 24.1 Å². The van der Waals surface area contributed by atoms with Crippen LogP contribution in [0.3, 0.4) is 0 Å². The maximum atomic E-state index is 12.8. The summed E-state index contributed by atoms with van der Waals surface area (Å²) in [7, 11) is 2.11. The molecule has 1 aromatic carbocycles. The van der Waals surface area contributed by atoms with Crippen LogP contribution < -0.4 is 15.5 Å². The minimum absolute atomic E-state index is 0.0832. The van der Waals surface area contributed by atoms with Gasteiger partial charge in [-0.1, -0.05) is 0 Å². The highest BCUT2D eigenvalue weighted by molar-refractivity contribution is 6.19. The van der Waals surface area contributed by atoms with Crippen LogP contribution in [0.25, 0.3) is 11.1 Å². The number of fused-ring (bicyclic) bond motifs is 1. The molecule has 1 aromatic heterocycles. The fraction of sp³-hybridized carbons (Fsp3) is 0.545. The Hall–Kier alpha value is -2.83. The molecule has 1 aliphatic heterocycles.